The van der Waals surface area contributed by atoms with Gasteiger partial charge in [0, 0.05) is 17.7 Å². The molecule has 9 heteroatoms. The van der Waals surface area contributed by atoms with Crippen molar-refractivity contribution in [1.82, 2.24) is 0 Å². The molecule has 0 aliphatic heterocycles. The number of hydrogen-bond acceptors (Lipinski definition) is 8. The normalized spacial score (nSPS) is 11.6. The Morgan fingerprint density at radius 2 is 1.54 bits per heavy atom. The number of benzene rings is 2. The van der Waals surface area contributed by atoms with Gasteiger partial charge in [-0.2, -0.15) is 10.2 Å². The van der Waals surface area contributed by atoms with Crippen molar-refractivity contribution in [1.29, 1.82) is 0 Å². The zero-order chi connectivity index (χ0) is 20.7. The van der Waals surface area contributed by atoms with Crippen LogP contribution < -0.4 is 4.74 Å². The van der Waals surface area contributed by atoms with E-state index in [4.69, 9.17) is 9.47 Å². The average Bonchev–Trinajstić information content (AvgIpc) is 2.67. The molecule has 0 heterocycles. The summed E-state index contributed by atoms with van der Waals surface area (Å²) in [5, 5.41) is 18.6. The quantitative estimate of drug-likeness (QED) is 0.174. The van der Waals surface area contributed by atoms with Gasteiger partial charge < -0.3 is 9.47 Å². The van der Waals surface area contributed by atoms with Crippen LogP contribution in [0.2, 0.25) is 0 Å². The highest BCUT2D eigenvalue weighted by Crippen LogP contribution is 2.23. The number of azo groups is 1. The molecule has 0 amide bonds. The Labute approximate surface area is 160 Å². The molecule has 9 nitrogen and oxygen atoms in total. The maximum Gasteiger partial charge on any atom is 0.352 e. The predicted octanol–water partition coefficient (Wildman–Crippen LogP) is 4.42. The van der Waals surface area contributed by atoms with Gasteiger partial charge in [-0.15, -0.1) is 0 Å². The molecule has 0 aliphatic rings. The van der Waals surface area contributed by atoms with Crippen molar-refractivity contribution in [3.63, 3.8) is 0 Å². The molecule has 0 fully saturated rings. The van der Waals surface area contributed by atoms with Crippen LogP contribution in [0, 0.1) is 10.1 Å². The molecule has 0 saturated carbocycles. The molecule has 0 bridgehead atoms. The maximum atomic E-state index is 11.9. The number of esters is 2. The van der Waals surface area contributed by atoms with Crippen LogP contribution in [0.25, 0.3) is 0 Å². The first-order valence-electron chi connectivity index (χ1n) is 8.10. The van der Waals surface area contributed by atoms with Crippen molar-refractivity contribution < 1.29 is 24.0 Å². The molecule has 28 heavy (non-hydrogen) atoms. The molecule has 1 atom stereocenters. The summed E-state index contributed by atoms with van der Waals surface area (Å²) >= 11 is 0. The van der Waals surface area contributed by atoms with E-state index in [2.05, 4.69) is 16.8 Å². The molecule has 144 valence electrons. The van der Waals surface area contributed by atoms with E-state index in [1.54, 1.807) is 12.1 Å². The summed E-state index contributed by atoms with van der Waals surface area (Å²) in [4.78, 5) is 33.4. The Morgan fingerprint density at radius 1 is 1.04 bits per heavy atom. The number of nitro benzene ring substituents is 1. The van der Waals surface area contributed by atoms with Crippen LogP contribution in [0.1, 0.15) is 13.8 Å². The van der Waals surface area contributed by atoms with Crippen molar-refractivity contribution in [2.45, 2.75) is 20.0 Å². The Balaban J connectivity index is 1.95. The summed E-state index contributed by atoms with van der Waals surface area (Å²) in [6.07, 6.45) is -1.08. The van der Waals surface area contributed by atoms with Gasteiger partial charge >= 0.3 is 11.9 Å². The highest BCUT2D eigenvalue weighted by atomic mass is 16.6. The number of hydrogen-bond donors (Lipinski definition) is 0. The summed E-state index contributed by atoms with van der Waals surface area (Å²) in [6, 6.07) is 11.8. The topological polar surface area (TPSA) is 120 Å². The average molecular weight is 383 g/mol. The van der Waals surface area contributed by atoms with E-state index in [9.17, 15) is 19.7 Å². The molecular weight excluding hydrogens is 366 g/mol. The van der Waals surface area contributed by atoms with Gasteiger partial charge in [0.25, 0.3) is 5.69 Å². The van der Waals surface area contributed by atoms with Gasteiger partial charge in [-0.25, -0.2) is 9.59 Å². The van der Waals surface area contributed by atoms with Crippen molar-refractivity contribution in [3.05, 3.63) is 70.8 Å². The van der Waals surface area contributed by atoms with Gasteiger partial charge in [0.15, 0.2) is 6.10 Å². The monoisotopic (exact) mass is 383 g/mol. The third kappa shape index (κ3) is 5.84. The second-order valence-electron chi connectivity index (χ2n) is 5.72. The third-order valence-corrected chi connectivity index (χ3v) is 3.36. The van der Waals surface area contributed by atoms with Crippen molar-refractivity contribution in [2.75, 3.05) is 0 Å². The Hall–Kier alpha value is -3.88. The fourth-order valence-electron chi connectivity index (χ4n) is 1.85. The van der Waals surface area contributed by atoms with Crippen LogP contribution in [0.15, 0.2) is 70.9 Å². The molecular formula is C19H17N3O6. The SMILES string of the molecule is C=C(C)C(=O)O[C@@H](C)C(=O)Oc1ccc(N=Nc2ccc([N+](=O)[O-])cc2)cc1. The van der Waals surface area contributed by atoms with Crippen molar-refractivity contribution in [3.8, 4) is 5.75 Å². The van der Waals surface area contributed by atoms with Crippen LogP contribution in [0.4, 0.5) is 17.1 Å². The number of rotatable bonds is 7. The van der Waals surface area contributed by atoms with E-state index in [0.717, 1.165) is 0 Å². The van der Waals surface area contributed by atoms with E-state index in [0.29, 0.717) is 11.4 Å². The molecule has 2 rings (SSSR count). The molecule has 0 spiro atoms. The van der Waals surface area contributed by atoms with Crippen molar-refractivity contribution >= 4 is 29.0 Å². The third-order valence-electron chi connectivity index (χ3n) is 3.36. The zero-order valence-corrected chi connectivity index (χ0v) is 15.2. The Morgan fingerprint density at radius 3 is 2.00 bits per heavy atom. The zero-order valence-electron chi connectivity index (χ0n) is 15.2. The second kappa shape index (κ2) is 9.17. The first-order chi connectivity index (χ1) is 13.3. The summed E-state index contributed by atoms with van der Waals surface area (Å²) < 4.78 is 10.0. The number of carbonyl (C=O) groups excluding carboxylic acids is 2. The number of non-ortho nitro benzene ring substituents is 1. The summed E-state index contributed by atoms with van der Waals surface area (Å²) in [6.45, 7) is 6.31. The highest BCUT2D eigenvalue weighted by molar-refractivity contribution is 5.89. The first-order valence-corrected chi connectivity index (χ1v) is 8.10. The molecule has 0 unspecified atom stereocenters. The molecule has 2 aromatic rings. The summed E-state index contributed by atoms with van der Waals surface area (Å²) in [7, 11) is 0. The number of carbonyl (C=O) groups is 2. The lowest BCUT2D eigenvalue weighted by molar-refractivity contribution is -0.384. The second-order valence-corrected chi connectivity index (χ2v) is 5.72. The van der Waals surface area contributed by atoms with Gasteiger partial charge in [-0.3, -0.25) is 10.1 Å². The van der Waals surface area contributed by atoms with E-state index in [1.165, 1.54) is 50.2 Å². The standard InChI is InChI=1S/C19H17N3O6/c1-12(2)18(23)27-13(3)19(24)28-17-10-6-15(7-11-17)21-20-14-4-8-16(9-5-14)22(25)26/h4-11,13H,1H2,2-3H3/t13-/m0/s1. The van der Waals surface area contributed by atoms with E-state index in [1.807, 2.05) is 0 Å². The Bertz CT molecular complexity index is 920. The molecule has 0 radical (unpaired) electrons. The molecule has 0 saturated heterocycles. The van der Waals surface area contributed by atoms with Crippen LogP contribution in [-0.2, 0) is 14.3 Å². The first kappa shape index (κ1) is 20.4. The lowest BCUT2D eigenvalue weighted by Crippen LogP contribution is -2.28. The lowest BCUT2D eigenvalue weighted by atomic mass is 10.3. The maximum absolute atomic E-state index is 11.9. The van der Waals surface area contributed by atoms with Gasteiger partial charge in [0.05, 0.1) is 16.3 Å². The van der Waals surface area contributed by atoms with Gasteiger partial charge in [-0.05, 0) is 50.2 Å². The number of nitrogens with zero attached hydrogens (tertiary/aromatic N) is 3. The van der Waals surface area contributed by atoms with Gasteiger partial charge in [0.2, 0.25) is 0 Å². The largest absolute Gasteiger partial charge is 0.447 e. The van der Waals surface area contributed by atoms with Crippen LogP contribution in [0.3, 0.4) is 0 Å². The summed E-state index contributed by atoms with van der Waals surface area (Å²) in [5.74, 6) is -1.15. The van der Waals surface area contributed by atoms with E-state index >= 15 is 0 Å². The number of ether oxygens (including phenoxy) is 2. The fraction of sp³-hybridized carbons (Fsp3) is 0.158. The minimum Gasteiger partial charge on any atom is -0.447 e. The Kier molecular flexibility index (Phi) is 6.69. The number of nitro groups is 1. The minimum atomic E-state index is -1.08. The molecule has 2 aromatic carbocycles. The van der Waals surface area contributed by atoms with Gasteiger partial charge in [-0.1, -0.05) is 6.58 Å². The van der Waals surface area contributed by atoms with E-state index in [-0.39, 0.29) is 17.0 Å². The smallest absolute Gasteiger partial charge is 0.352 e. The fourth-order valence-corrected chi connectivity index (χ4v) is 1.85. The van der Waals surface area contributed by atoms with Crippen molar-refractivity contribution in [2.24, 2.45) is 10.2 Å². The van der Waals surface area contributed by atoms with Crippen LogP contribution in [0.5, 0.6) is 5.75 Å². The lowest BCUT2D eigenvalue weighted by Gasteiger charge is -2.12. The minimum absolute atomic E-state index is 0.0340. The summed E-state index contributed by atoms with van der Waals surface area (Å²) in [5.41, 5.74) is 1.09. The molecule has 0 aromatic heterocycles. The highest BCUT2D eigenvalue weighted by Gasteiger charge is 2.20. The molecule has 0 aliphatic carbocycles. The predicted molar refractivity (Wildman–Crippen MR) is 99.7 cm³/mol. The van der Waals surface area contributed by atoms with Gasteiger partial charge in [0.1, 0.15) is 5.75 Å². The van der Waals surface area contributed by atoms with Crippen LogP contribution in [-0.4, -0.2) is 23.0 Å². The van der Waals surface area contributed by atoms with Crippen LogP contribution >= 0.6 is 0 Å². The van der Waals surface area contributed by atoms with E-state index < -0.39 is 23.0 Å². The molecule has 0 N–H and O–H groups in total.